The van der Waals surface area contributed by atoms with Crippen LogP contribution in [0.5, 0.6) is 0 Å². The quantitative estimate of drug-likeness (QED) is 0.905. The van der Waals surface area contributed by atoms with E-state index < -0.39 is 0 Å². The van der Waals surface area contributed by atoms with Gasteiger partial charge in [0.25, 0.3) is 5.56 Å². The first kappa shape index (κ1) is 10.5. The van der Waals surface area contributed by atoms with Crippen LogP contribution in [-0.2, 0) is 0 Å². The molecule has 0 aromatic carbocycles. The molecule has 0 spiro atoms. The SMILES string of the molecule is CNc1nc(-c2cccn(C3CC3)c2=O)cs1. The maximum atomic E-state index is 12.3. The van der Waals surface area contributed by atoms with Gasteiger partial charge in [0, 0.05) is 24.7 Å². The highest BCUT2D eigenvalue weighted by Crippen LogP contribution is 2.33. The van der Waals surface area contributed by atoms with Gasteiger partial charge in [0.15, 0.2) is 5.13 Å². The van der Waals surface area contributed by atoms with Gasteiger partial charge in [0.2, 0.25) is 0 Å². The Morgan fingerprint density at radius 1 is 1.53 bits per heavy atom. The summed E-state index contributed by atoms with van der Waals surface area (Å²) in [5, 5.41) is 5.74. The molecular formula is C12H13N3OS. The van der Waals surface area contributed by atoms with Gasteiger partial charge >= 0.3 is 0 Å². The van der Waals surface area contributed by atoms with Crippen LogP contribution in [0.2, 0.25) is 0 Å². The first-order valence-corrected chi connectivity index (χ1v) is 6.52. The number of anilines is 1. The second-order valence-corrected chi connectivity index (χ2v) is 5.01. The van der Waals surface area contributed by atoms with Crippen LogP contribution in [0.25, 0.3) is 11.3 Å². The van der Waals surface area contributed by atoms with Crippen LogP contribution in [0.4, 0.5) is 5.13 Å². The molecule has 2 aromatic rings. The van der Waals surface area contributed by atoms with Crippen molar-refractivity contribution >= 4 is 16.5 Å². The maximum absolute atomic E-state index is 12.3. The lowest BCUT2D eigenvalue weighted by Crippen LogP contribution is -2.19. The van der Waals surface area contributed by atoms with Crippen molar-refractivity contribution in [3.8, 4) is 11.3 Å². The molecule has 17 heavy (non-hydrogen) atoms. The van der Waals surface area contributed by atoms with E-state index in [-0.39, 0.29) is 5.56 Å². The van der Waals surface area contributed by atoms with E-state index in [0.29, 0.717) is 11.6 Å². The number of rotatable bonds is 3. The van der Waals surface area contributed by atoms with Gasteiger partial charge in [-0.15, -0.1) is 11.3 Å². The first-order valence-electron chi connectivity index (χ1n) is 5.64. The molecule has 3 rings (SSSR count). The largest absolute Gasteiger partial charge is 0.365 e. The molecule has 1 saturated carbocycles. The summed E-state index contributed by atoms with van der Waals surface area (Å²) >= 11 is 1.51. The maximum Gasteiger partial charge on any atom is 0.260 e. The van der Waals surface area contributed by atoms with Crippen LogP contribution in [0.15, 0.2) is 28.5 Å². The highest BCUT2D eigenvalue weighted by atomic mass is 32.1. The summed E-state index contributed by atoms with van der Waals surface area (Å²) in [6.07, 6.45) is 4.10. The molecule has 1 aliphatic rings. The molecule has 0 atom stereocenters. The fourth-order valence-electron chi connectivity index (χ4n) is 1.86. The molecule has 1 aliphatic carbocycles. The van der Waals surface area contributed by atoms with E-state index in [0.717, 1.165) is 23.7 Å². The Balaban J connectivity index is 2.08. The zero-order chi connectivity index (χ0) is 11.8. The third-order valence-corrected chi connectivity index (χ3v) is 3.77. The predicted octanol–water partition coefficient (Wildman–Crippen LogP) is 2.35. The summed E-state index contributed by atoms with van der Waals surface area (Å²) < 4.78 is 1.83. The highest BCUT2D eigenvalue weighted by molar-refractivity contribution is 7.14. The van der Waals surface area contributed by atoms with Crippen LogP contribution in [-0.4, -0.2) is 16.6 Å². The smallest absolute Gasteiger partial charge is 0.260 e. The minimum Gasteiger partial charge on any atom is -0.365 e. The molecule has 1 fully saturated rings. The van der Waals surface area contributed by atoms with E-state index in [1.807, 2.05) is 35.3 Å². The van der Waals surface area contributed by atoms with E-state index in [1.54, 1.807) is 0 Å². The van der Waals surface area contributed by atoms with E-state index >= 15 is 0 Å². The standard InChI is InChI=1S/C12H13N3OS/c1-13-12-14-10(7-17-12)9-3-2-6-15(11(9)16)8-4-5-8/h2-3,6-8H,4-5H2,1H3,(H,13,14). The number of pyridine rings is 1. The molecule has 5 heteroatoms. The van der Waals surface area contributed by atoms with Gasteiger partial charge in [-0.1, -0.05) is 0 Å². The van der Waals surface area contributed by atoms with Crippen molar-refractivity contribution in [2.75, 3.05) is 12.4 Å². The number of hydrogen-bond donors (Lipinski definition) is 1. The van der Waals surface area contributed by atoms with Gasteiger partial charge in [-0.2, -0.15) is 0 Å². The first-order chi connectivity index (χ1) is 8.29. The molecule has 2 aromatic heterocycles. The molecule has 4 nitrogen and oxygen atoms in total. The topological polar surface area (TPSA) is 46.9 Å². The molecule has 0 radical (unpaired) electrons. The second-order valence-electron chi connectivity index (χ2n) is 4.15. The Morgan fingerprint density at radius 2 is 2.35 bits per heavy atom. The van der Waals surface area contributed by atoms with Gasteiger partial charge < -0.3 is 9.88 Å². The molecular weight excluding hydrogens is 234 g/mol. The number of thiazole rings is 1. The van der Waals surface area contributed by atoms with Crippen molar-refractivity contribution in [1.82, 2.24) is 9.55 Å². The molecule has 0 saturated heterocycles. The summed E-state index contributed by atoms with van der Waals surface area (Å²) in [6.45, 7) is 0. The monoisotopic (exact) mass is 247 g/mol. The summed E-state index contributed by atoms with van der Waals surface area (Å²) in [5.41, 5.74) is 1.53. The highest BCUT2D eigenvalue weighted by Gasteiger charge is 2.25. The predicted molar refractivity (Wildman–Crippen MR) is 69.6 cm³/mol. The molecule has 0 bridgehead atoms. The zero-order valence-corrected chi connectivity index (χ0v) is 10.3. The molecule has 88 valence electrons. The molecule has 0 aliphatic heterocycles. The van der Waals surface area contributed by atoms with Crippen molar-refractivity contribution in [2.45, 2.75) is 18.9 Å². The van der Waals surface area contributed by atoms with Crippen molar-refractivity contribution in [1.29, 1.82) is 0 Å². The van der Waals surface area contributed by atoms with Crippen molar-refractivity contribution in [3.63, 3.8) is 0 Å². The minimum atomic E-state index is 0.0722. The van der Waals surface area contributed by atoms with Crippen LogP contribution >= 0.6 is 11.3 Å². The molecule has 2 heterocycles. The van der Waals surface area contributed by atoms with Gasteiger partial charge in [0.05, 0.1) is 11.3 Å². The van der Waals surface area contributed by atoms with E-state index in [4.69, 9.17) is 0 Å². The summed E-state index contributed by atoms with van der Waals surface area (Å²) in [4.78, 5) is 16.6. The third kappa shape index (κ3) is 1.86. The van der Waals surface area contributed by atoms with E-state index in [9.17, 15) is 4.79 Å². The number of hydrogen-bond acceptors (Lipinski definition) is 4. The Kier molecular flexibility index (Phi) is 2.48. The van der Waals surface area contributed by atoms with Crippen LogP contribution in [0.3, 0.4) is 0 Å². The van der Waals surface area contributed by atoms with Crippen LogP contribution in [0.1, 0.15) is 18.9 Å². The molecule has 0 amide bonds. The van der Waals surface area contributed by atoms with Crippen LogP contribution < -0.4 is 10.9 Å². The Hall–Kier alpha value is -1.62. The van der Waals surface area contributed by atoms with Crippen molar-refractivity contribution in [2.24, 2.45) is 0 Å². The Bertz CT molecular complexity index is 598. The lowest BCUT2D eigenvalue weighted by molar-refractivity contribution is 0.709. The lowest BCUT2D eigenvalue weighted by Gasteiger charge is -2.04. The van der Waals surface area contributed by atoms with Gasteiger partial charge in [-0.05, 0) is 25.0 Å². The van der Waals surface area contributed by atoms with E-state index in [1.165, 1.54) is 11.3 Å². The fraction of sp³-hybridized carbons (Fsp3) is 0.333. The summed E-state index contributed by atoms with van der Waals surface area (Å²) in [5.74, 6) is 0. The molecule has 1 N–H and O–H groups in total. The number of aromatic nitrogens is 2. The Labute approximate surface area is 103 Å². The van der Waals surface area contributed by atoms with E-state index in [2.05, 4.69) is 10.3 Å². The van der Waals surface area contributed by atoms with Gasteiger partial charge in [-0.3, -0.25) is 4.79 Å². The summed E-state index contributed by atoms with van der Waals surface area (Å²) in [6, 6.07) is 4.17. The number of nitrogens with one attached hydrogen (secondary N) is 1. The zero-order valence-electron chi connectivity index (χ0n) is 9.51. The van der Waals surface area contributed by atoms with Crippen molar-refractivity contribution in [3.05, 3.63) is 34.1 Å². The van der Waals surface area contributed by atoms with Gasteiger partial charge in [-0.25, -0.2) is 4.98 Å². The normalized spacial score (nSPS) is 14.9. The Morgan fingerprint density at radius 3 is 3.00 bits per heavy atom. The third-order valence-electron chi connectivity index (χ3n) is 2.91. The second kappa shape index (κ2) is 4.00. The lowest BCUT2D eigenvalue weighted by atomic mass is 10.2. The average Bonchev–Trinajstić information content (AvgIpc) is 3.07. The van der Waals surface area contributed by atoms with Gasteiger partial charge in [0.1, 0.15) is 0 Å². The van der Waals surface area contributed by atoms with Crippen molar-refractivity contribution < 1.29 is 0 Å². The number of nitrogens with zero attached hydrogens (tertiary/aromatic N) is 2. The van der Waals surface area contributed by atoms with Crippen LogP contribution in [0, 0.1) is 0 Å². The molecule has 0 unspecified atom stereocenters. The average molecular weight is 247 g/mol. The fourth-order valence-corrected chi connectivity index (χ4v) is 2.53. The summed E-state index contributed by atoms with van der Waals surface area (Å²) in [7, 11) is 1.83. The minimum absolute atomic E-state index is 0.0722.